The molecule has 1 N–H and O–H groups in total. The van der Waals surface area contributed by atoms with E-state index in [-0.39, 0.29) is 18.2 Å². The molecule has 0 bridgehead atoms. The second-order valence-corrected chi connectivity index (χ2v) is 10.7. The van der Waals surface area contributed by atoms with Gasteiger partial charge in [0.2, 0.25) is 5.91 Å². The van der Waals surface area contributed by atoms with Crippen LogP contribution in [0.5, 0.6) is 0 Å². The van der Waals surface area contributed by atoms with Gasteiger partial charge >= 0.3 is 0 Å². The average Bonchev–Trinajstić information content (AvgIpc) is 3.15. The molecule has 0 saturated carbocycles. The van der Waals surface area contributed by atoms with E-state index < -0.39 is 10.2 Å². The molecule has 2 aromatic carbocycles. The molecule has 0 unspecified atom stereocenters. The van der Waals surface area contributed by atoms with Crippen molar-refractivity contribution in [2.45, 2.75) is 25.7 Å². The summed E-state index contributed by atoms with van der Waals surface area (Å²) in [5, 5.41) is 2.87. The Bertz CT molecular complexity index is 1090. The van der Waals surface area contributed by atoms with E-state index in [1.54, 1.807) is 57.1 Å². The summed E-state index contributed by atoms with van der Waals surface area (Å²) in [5.41, 5.74) is 1.48. The molecule has 0 spiro atoms. The molecule has 34 heavy (non-hydrogen) atoms. The molecule has 0 aromatic heterocycles. The Hall–Kier alpha value is -2.59. The normalized spacial score (nSPS) is 18.8. The van der Waals surface area contributed by atoms with E-state index in [9.17, 15) is 18.0 Å². The number of nitrogens with one attached hydrogen (secondary N) is 1. The van der Waals surface area contributed by atoms with Crippen LogP contribution in [0.1, 0.15) is 41.6 Å². The fourth-order valence-electron chi connectivity index (χ4n) is 4.48. The second kappa shape index (κ2) is 11.2. The molecule has 2 aliphatic heterocycles. The zero-order chi connectivity index (χ0) is 24.0. The number of para-hydroxylation sites is 1. The van der Waals surface area contributed by atoms with Gasteiger partial charge in [0.15, 0.2) is 5.78 Å². The smallest absolute Gasteiger partial charge is 0.282 e. The molecule has 2 aliphatic rings. The number of anilines is 1. The van der Waals surface area contributed by atoms with E-state index in [1.807, 2.05) is 11.0 Å². The summed E-state index contributed by atoms with van der Waals surface area (Å²) < 4.78 is 29.2. The molecular weight excluding hydrogens is 452 g/mol. The summed E-state index contributed by atoms with van der Waals surface area (Å²) in [6, 6.07) is 15.9. The van der Waals surface area contributed by atoms with Crippen LogP contribution in [-0.2, 0) is 15.0 Å². The van der Waals surface area contributed by atoms with Crippen LogP contribution < -0.4 is 5.32 Å². The first-order valence-corrected chi connectivity index (χ1v) is 13.3. The van der Waals surface area contributed by atoms with Crippen LogP contribution >= 0.6 is 0 Å². The number of piperazine rings is 1. The van der Waals surface area contributed by atoms with Crippen molar-refractivity contribution >= 4 is 27.6 Å². The van der Waals surface area contributed by atoms with Gasteiger partial charge in [-0.2, -0.15) is 17.0 Å². The number of amides is 1. The Morgan fingerprint density at radius 2 is 1.32 bits per heavy atom. The lowest BCUT2D eigenvalue weighted by atomic mass is 10.0. The molecule has 182 valence electrons. The summed E-state index contributed by atoms with van der Waals surface area (Å²) in [4.78, 5) is 27.6. The van der Waals surface area contributed by atoms with Crippen molar-refractivity contribution < 1.29 is 18.0 Å². The quantitative estimate of drug-likeness (QED) is 0.610. The number of rotatable bonds is 7. The Kier molecular flexibility index (Phi) is 8.10. The van der Waals surface area contributed by atoms with E-state index in [2.05, 4.69) is 5.32 Å². The van der Waals surface area contributed by atoms with Crippen molar-refractivity contribution in [1.82, 2.24) is 13.5 Å². The van der Waals surface area contributed by atoms with Gasteiger partial charge in [0, 0.05) is 50.4 Å². The van der Waals surface area contributed by atoms with Gasteiger partial charge in [-0.15, -0.1) is 0 Å². The minimum atomic E-state index is -3.45. The fourth-order valence-corrected chi connectivity index (χ4v) is 6.15. The number of ketones is 1. The van der Waals surface area contributed by atoms with Gasteiger partial charge in [0.1, 0.15) is 0 Å². The minimum Gasteiger partial charge on any atom is -0.324 e. The Morgan fingerprint density at radius 3 is 2.00 bits per heavy atom. The third kappa shape index (κ3) is 5.90. The molecule has 0 radical (unpaired) electrons. The highest BCUT2D eigenvalue weighted by atomic mass is 32.2. The Balaban J connectivity index is 1.33. The first kappa shape index (κ1) is 24.5. The monoisotopic (exact) mass is 484 g/mol. The lowest BCUT2D eigenvalue weighted by Crippen LogP contribution is -2.54. The number of carbonyl (C=O) groups is 2. The number of benzene rings is 2. The summed E-state index contributed by atoms with van der Waals surface area (Å²) in [6.07, 6.45) is 3.98. The fraction of sp³-hybridized carbons (Fsp3) is 0.440. The van der Waals surface area contributed by atoms with Gasteiger partial charge in [0.25, 0.3) is 10.2 Å². The van der Waals surface area contributed by atoms with E-state index >= 15 is 0 Å². The molecule has 2 saturated heterocycles. The van der Waals surface area contributed by atoms with Crippen molar-refractivity contribution in [2.24, 2.45) is 0 Å². The van der Waals surface area contributed by atoms with Crippen molar-refractivity contribution in [3.8, 4) is 0 Å². The van der Waals surface area contributed by atoms with Crippen LogP contribution in [-0.4, -0.2) is 79.4 Å². The van der Waals surface area contributed by atoms with Crippen molar-refractivity contribution in [1.29, 1.82) is 0 Å². The zero-order valence-electron chi connectivity index (χ0n) is 19.4. The molecule has 2 heterocycles. The molecule has 2 fully saturated rings. The standard InChI is InChI=1S/C25H32N4O4S/c30-24(26-23-13-7-6-12-22(23)25(31)21-10-4-3-5-11-21)20-27-16-18-29(19-17-27)34(32,33)28-14-8-1-2-9-15-28/h3-7,10-13H,1-2,8-9,14-20H2,(H,26,30). The van der Waals surface area contributed by atoms with E-state index in [0.29, 0.717) is 56.1 Å². The third-order valence-corrected chi connectivity index (χ3v) is 8.43. The summed E-state index contributed by atoms with van der Waals surface area (Å²) in [6.45, 7) is 3.05. The van der Waals surface area contributed by atoms with E-state index in [0.717, 1.165) is 25.7 Å². The highest BCUT2D eigenvalue weighted by Crippen LogP contribution is 2.20. The zero-order valence-corrected chi connectivity index (χ0v) is 20.2. The Morgan fingerprint density at radius 1 is 0.735 bits per heavy atom. The molecule has 8 nitrogen and oxygen atoms in total. The number of nitrogens with zero attached hydrogens (tertiary/aromatic N) is 3. The van der Waals surface area contributed by atoms with Gasteiger partial charge < -0.3 is 5.32 Å². The number of carbonyl (C=O) groups excluding carboxylic acids is 2. The van der Waals surface area contributed by atoms with Crippen molar-refractivity contribution in [3.05, 3.63) is 65.7 Å². The molecule has 2 aromatic rings. The van der Waals surface area contributed by atoms with Gasteiger partial charge in [-0.05, 0) is 25.0 Å². The maximum atomic E-state index is 13.0. The molecule has 1 amide bonds. The number of hydrogen-bond donors (Lipinski definition) is 1. The molecular formula is C25H32N4O4S. The summed E-state index contributed by atoms with van der Waals surface area (Å²) >= 11 is 0. The van der Waals surface area contributed by atoms with Gasteiger partial charge in [-0.25, -0.2) is 0 Å². The van der Waals surface area contributed by atoms with Crippen LogP contribution in [0.15, 0.2) is 54.6 Å². The Labute approximate surface area is 201 Å². The van der Waals surface area contributed by atoms with Gasteiger partial charge in [-0.3, -0.25) is 14.5 Å². The summed E-state index contributed by atoms with van der Waals surface area (Å²) in [7, 11) is -3.45. The molecule has 0 atom stereocenters. The van der Waals surface area contributed by atoms with Crippen molar-refractivity contribution in [2.75, 3.05) is 51.1 Å². The lowest BCUT2D eigenvalue weighted by molar-refractivity contribution is -0.117. The minimum absolute atomic E-state index is 0.144. The second-order valence-electron chi connectivity index (χ2n) is 8.79. The lowest BCUT2D eigenvalue weighted by Gasteiger charge is -2.36. The predicted molar refractivity (Wildman–Crippen MR) is 132 cm³/mol. The van der Waals surface area contributed by atoms with Crippen molar-refractivity contribution in [3.63, 3.8) is 0 Å². The van der Waals surface area contributed by atoms with Crippen LogP contribution in [0.25, 0.3) is 0 Å². The highest BCUT2D eigenvalue weighted by molar-refractivity contribution is 7.86. The number of hydrogen-bond acceptors (Lipinski definition) is 5. The van der Waals surface area contributed by atoms with Crippen LogP contribution in [0, 0.1) is 0 Å². The first-order valence-electron chi connectivity index (χ1n) is 11.9. The molecule has 9 heteroatoms. The highest BCUT2D eigenvalue weighted by Gasteiger charge is 2.32. The van der Waals surface area contributed by atoms with Gasteiger partial charge in [0.05, 0.1) is 12.2 Å². The maximum Gasteiger partial charge on any atom is 0.282 e. The largest absolute Gasteiger partial charge is 0.324 e. The molecule has 0 aliphatic carbocycles. The summed E-state index contributed by atoms with van der Waals surface area (Å²) in [5.74, 6) is -0.374. The van der Waals surface area contributed by atoms with Gasteiger partial charge in [-0.1, -0.05) is 55.3 Å². The predicted octanol–water partition coefficient (Wildman–Crippen LogP) is 2.59. The van der Waals surface area contributed by atoms with E-state index in [1.165, 1.54) is 0 Å². The SMILES string of the molecule is O=C(CN1CCN(S(=O)(=O)N2CCCCCC2)CC1)Nc1ccccc1C(=O)c1ccccc1. The average molecular weight is 485 g/mol. The maximum absolute atomic E-state index is 13.0. The first-order chi connectivity index (χ1) is 16.4. The van der Waals surface area contributed by atoms with Crippen LogP contribution in [0.3, 0.4) is 0 Å². The van der Waals surface area contributed by atoms with Crippen LogP contribution in [0.2, 0.25) is 0 Å². The molecule has 4 rings (SSSR count). The van der Waals surface area contributed by atoms with Crippen LogP contribution in [0.4, 0.5) is 5.69 Å². The van der Waals surface area contributed by atoms with E-state index in [4.69, 9.17) is 0 Å². The topological polar surface area (TPSA) is 90.0 Å². The third-order valence-electron chi connectivity index (χ3n) is 6.40.